The van der Waals surface area contributed by atoms with Crippen LogP contribution in [0.1, 0.15) is 12.5 Å². The van der Waals surface area contributed by atoms with Crippen LogP contribution >= 0.6 is 0 Å². The van der Waals surface area contributed by atoms with Crippen molar-refractivity contribution in [3.63, 3.8) is 0 Å². The number of nitrogens with one attached hydrogen (secondary N) is 1. The van der Waals surface area contributed by atoms with Gasteiger partial charge in [-0.3, -0.25) is 4.98 Å². The molecule has 0 aliphatic heterocycles. The second kappa shape index (κ2) is 3.71. The third-order valence-electron chi connectivity index (χ3n) is 1.38. The van der Waals surface area contributed by atoms with Crippen molar-refractivity contribution in [3.8, 4) is 0 Å². The predicted molar refractivity (Wildman–Crippen MR) is 45.5 cm³/mol. The lowest BCUT2D eigenvalue weighted by Crippen LogP contribution is -2.02. The van der Waals surface area contributed by atoms with Crippen molar-refractivity contribution in [2.45, 2.75) is 6.92 Å². The lowest BCUT2D eigenvalue weighted by atomic mass is 10.2. The fourth-order valence-electron chi connectivity index (χ4n) is 0.825. The van der Waals surface area contributed by atoms with Gasteiger partial charge in [-0.2, -0.15) is 5.10 Å². The molecule has 0 aliphatic carbocycles. The van der Waals surface area contributed by atoms with E-state index >= 15 is 0 Å². The molecule has 58 valence electrons. The highest BCUT2D eigenvalue weighted by Gasteiger charge is 1.93. The Morgan fingerprint density at radius 2 is 2.09 bits per heavy atom. The largest absolute Gasteiger partial charge is 0.313 e. The molecule has 0 unspecified atom stereocenters. The maximum absolute atomic E-state index is 4.03. The summed E-state index contributed by atoms with van der Waals surface area (Å²) in [6, 6.07) is 3.85. The van der Waals surface area contributed by atoms with Gasteiger partial charge in [-0.25, -0.2) is 0 Å². The van der Waals surface area contributed by atoms with Crippen molar-refractivity contribution in [1.29, 1.82) is 0 Å². The Labute approximate surface area is 66.2 Å². The zero-order valence-electron chi connectivity index (χ0n) is 6.70. The molecule has 0 radical (unpaired) electrons. The van der Waals surface area contributed by atoms with E-state index in [1.165, 1.54) is 0 Å². The van der Waals surface area contributed by atoms with Gasteiger partial charge < -0.3 is 5.43 Å². The van der Waals surface area contributed by atoms with Crippen LogP contribution in [0.25, 0.3) is 0 Å². The number of aromatic nitrogens is 1. The normalized spacial score (nSPS) is 11.3. The third kappa shape index (κ3) is 2.04. The summed E-state index contributed by atoms with van der Waals surface area (Å²) in [6.45, 7) is 1.95. The quantitative estimate of drug-likeness (QED) is 0.503. The Morgan fingerprint density at radius 1 is 1.45 bits per heavy atom. The maximum Gasteiger partial charge on any atom is 0.0645 e. The fraction of sp³-hybridized carbons (Fsp3) is 0.250. The van der Waals surface area contributed by atoms with Crippen LogP contribution in [0.3, 0.4) is 0 Å². The minimum atomic E-state index is 0.968. The predicted octanol–water partition coefficient (Wildman–Crippen LogP) is 1.02. The highest BCUT2D eigenvalue weighted by molar-refractivity contribution is 5.98. The van der Waals surface area contributed by atoms with Gasteiger partial charge in [0.2, 0.25) is 0 Å². The van der Waals surface area contributed by atoms with E-state index in [0.29, 0.717) is 0 Å². The van der Waals surface area contributed by atoms with Crippen molar-refractivity contribution >= 4 is 5.71 Å². The summed E-state index contributed by atoms with van der Waals surface area (Å²) in [5.74, 6) is 0. The monoisotopic (exact) mass is 149 g/mol. The van der Waals surface area contributed by atoms with Crippen LogP contribution < -0.4 is 5.43 Å². The molecule has 1 aromatic rings. The summed E-state index contributed by atoms with van der Waals surface area (Å²) in [6.07, 6.45) is 3.51. The Hall–Kier alpha value is -1.38. The number of hydrogen-bond donors (Lipinski definition) is 1. The SMILES string of the molecule is CN/N=C(\C)c1ccncc1. The highest BCUT2D eigenvalue weighted by Crippen LogP contribution is 1.97. The Bertz CT molecular complexity index is 241. The van der Waals surface area contributed by atoms with E-state index in [-0.39, 0.29) is 0 Å². The lowest BCUT2D eigenvalue weighted by Gasteiger charge is -1.97. The molecule has 1 aromatic heterocycles. The number of hydrogen-bond acceptors (Lipinski definition) is 3. The average Bonchev–Trinajstić information content (AvgIpc) is 2.07. The van der Waals surface area contributed by atoms with E-state index in [4.69, 9.17) is 0 Å². The van der Waals surface area contributed by atoms with Crippen LogP contribution in [-0.2, 0) is 0 Å². The molecular weight excluding hydrogens is 138 g/mol. The van der Waals surface area contributed by atoms with Gasteiger partial charge in [-0.05, 0) is 19.1 Å². The molecule has 0 fully saturated rings. The summed E-state index contributed by atoms with van der Waals surface area (Å²) in [4.78, 5) is 3.91. The molecular formula is C8H11N3. The van der Waals surface area contributed by atoms with E-state index in [2.05, 4.69) is 15.5 Å². The van der Waals surface area contributed by atoms with E-state index in [9.17, 15) is 0 Å². The topological polar surface area (TPSA) is 37.3 Å². The average molecular weight is 149 g/mol. The first kappa shape index (κ1) is 7.72. The van der Waals surface area contributed by atoms with Gasteiger partial charge in [0.15, 0.2) is 0 Å². The summed E-state index contributed by atoms with van der Waals surface area (Å²) >= 11 is 0. The molecule has 0 bridgehead atoms. The van der Waals surface area contributed by atoms with Gasteiger partial charge in [0.05, 0.1) is 5.71 Å². The molecule has 0 spiro atoms. The van der Waals surface area contributed by atoms with Crippen molar-refractivity contribution in [3.05, 3.63) is 30.1 Å². The molecule has 0 atom stereocenters. The van der Waals surface area contributed by atoms with Crippen LogP contribution in [0.5, 0.6) is 0 Å². The van der Waals surface area contributed by atoms with Gasteiger partial charge in [-0.1, -0.05) is 0 Å². The fourth-order valence-corrected chi connectivity index (χ4v) is 0.825. The van der Waals surface area contributed by atoms with Crippen LogP contribution in [0.4, 0.5) is 0 Å². The zero-order chi connectivity index (χ0) is 8.10. The Balaban J connectivity index is 2.85. The number of rotatable bonds is 2. The minimum Gasteiger partial charge on any atom is -0.313 e. The standard InChI is InChI=1S/C8H11N3/c1-7(11-9-2)8-3-5-10-6-4-8/h3-6,9H,1-2H3/b11-7+. The first-order valence-corrected chi connectivity index (χ1v) is 3.46. The molecule has 0 amide bonds. The summed E-state index contributed by atoms with van der Waals surface area (Å²) in [5.41, 5.74) is 4.79. The third-order valence-corrected chi connectivity index (χ3v) is 1.38. The molecule has 11 heavy (non-hydrogen) atoms. The number of pyridine rings is 1. The van der Waals surface area contributed by atoms with Crippen LogP contribution in [0.2, 0.25) is 0 Å². The van der Waals surface area contributed by atoms with Crippen molar-refractivity contribution in [2.75, 3.05) is 7.05 Å². The van der Waals surface area contributed by atoms with E-state index < -0.39 is 0 Å². The Morgan fingerprint density at radius 3 is 2.64 bits per heavy atom. The smallest absolute Gasteiger partial charge is 0.0645 e. The molecule has 0 saturated carbocycles. The van der Waals surface area contributed by atoms with Gasteiger partial charge in [-0.15, -0.1) is 0 Å². The maximum atomic E-state index is 4.03. The molecule has 1 heterocycles. The van der Waals surface area contributed by atoms with Gasteiger partial charge >= 0.3 is 0 Å². The number of hydrazone groups is 1. The van der Waals surface area contributed by atoms with Crippen molar-refractivity contribution in [2.24, 2.45) is 5.10 Å². The first-order chi connectivity index (χ1) is 5.34. The molecule has 0 saturated heterocycles. The first-order valence-electron chi connectivity index (χ1n) is 3.46. The van der Waals surface area contributed by atoms with Crippen LogP contribution in [0, 0.1) is 0 Å². The second-order valence-electron chi connectivity index (χ2n) is 2.16. The summed E-state index contributed by atoms with van der Waals surface area (Å²) in [5, 5.41) is 4.03. The van der Waals surface area contributed by atoms with Crippen LogP contribution in [0.15, 0.2) is 29.6 Å². The molecule has 0 aromatic carbocycles. The molecule has 1 rings (SSSR count). The van der Waals surface area contributed by atoms with Gasteiger partial charge in [0, 0.05) is 25.0 Å². The van der Waals surface area contributed by atoms with Crippen LogP contribution in [-0.4, -0.2) is 17.7 Å². The molecule has 3 heteroatoms. The van der Waals surface area contributed by atoms with E-state index in [1.54, 1.807) is 19.4 Å². The highest BCUT2D eigenvalue weighted by atomic mass is 15.3. The minimum absolute atomic E-state index is 0.968. The molecule has 0 aliphatic rings. The summed E-state index contributed by atoms with van der Waals surface area (Å²) < 4.78 is 0. The van der Waals surface area contributed by atoms with Crippen molar-refractivity contribution < 1.29 is 0 Å². The summed E-state index contributed by atoms with van der Waals surface area (Å²) in [7, 11) is 1.78. The molecule has 3 nitrogen and oxygen atoms in total. The molecule has 1 N–H and O–H groups in total. The van der Waals surface area contributed by atoms with E-state index in [1.807, 2.05) is 19.1 Å². The second-order valence-corrected chi connectivity index (χ2v) is 2.16. The van der Waals surface area contributed by atoms with E-state index in [0.717, 1.165) is 11.3 Å². The zero-order valence-corrected chi connectivity index (χ0v) is 6.70. The van der Waals surface area contributed by atoms with Gasteiger partial charge in [0.25, 0.3) is 0 Å². The number of nitrogens with zero attached hydrogens (tertiary/aromatic N) is 2. The van der Waals surface area contributed by atoms with Gasteiger partial charge in [0.1, 0.15) is 0 Å². The van der Waals surface area contributed by atoms with Crippen molar-refractivity contribution in [1.82, 2.24) is 10.4 Å². The Kier molecular flexibility index (Phi) is 2.60. The lowest BCUT2D eigenvalue weighted by molar-refractivity contribution is 0.899.